The molecule has 16 heavy (non-hydrogen) atoms. The van der Waals surface area contributed by atoms with Crippen LogP contribution in [0.1, 0.15) is 31.4 Å². The van der Waals surface area contributed by atoms with Gasteiger partial charge in [0.2, 0.25) is 0 Å². The molecule has 1 rings (SSSR count). The molecule has 0 aliphatic heterocycles. The first-order chi connectivity index (χ1) is 7.61. The molecule has 0 saturated heterocycles. The van der Waals surface area contributed by atoms with Crippen LogP contribution >= 0.6 is 0 Å². The first kappa shape index (κ1) is 13.0. The molecular weight excluding hydrogens is 194 g/mol. The van der Waals surface area contributed by atoms with E-state index < -0.39 is 0 Å². The summed E-state index contributed by atoms with van der Waals surface area (Å²) >= 11 is 0. The average molecular weight is 218 g/mol. The largest absolute Gasteiger partial charge is 0.319 e. The predicted octanol–water partition coefficient (Wildman–Crippen LogP) is 3.79. The van der Waals surface area contributed by atoms with Crippen LogP contribution in [0.5, 0.6) is 0 Å². The molecule has 88 valence electrons. The van der Waals surface area contributed by atoms with Gasteiger partial charge in [-0.3, -0.25) is 0 Å². The van der Waals surface area contributed by atoms with Crippen LogP contribution in [0.25, 0.3) is 0 Å². The first-order valence-corrected chi connectivity index (χ1v) is 6.12. The fraction of sp³-hybridized carbons (Fsp3) is 0.467. The number of quaternary nitrogens is 1. The van der Waals surface area contributed by atoms with Gasteiger partial charge in [0, 0.05) is 5.56 Å². The third-order valence-corrected chi connectivity index (χ3v) is 3.21. The van der Waals surface area contributed by atoms with Crippen molar-refractivity contribution in [3.05, 3.63) is 48.6 Å². The van der Waals surface area contributed by atoms with Crippen LogP contribution in [0.3, 0.4) is 0 Å². The number of hydrogen-bond acceptors (Lipinski definition) is 0. The molecule has 1 aromatic rings. The zero-order valence-electron chi connectivity index (χ0n) is 10.8. The Morgan fingerprint density at radius 3 is 2.38 bits per heavy atom. The molecule has 1 unspecified atom stereocenters. The fourth-order valence-electron chi connectivity index (χ4n) is 2.18. The second-order valence-corrected chi connectivity index (χ2v) is 4.95. The molecule has 0 spiro atoms. The quantitative estimate of drug-likeness (QED) is 0.503. The summed E-state index contributed by atoms with van der Waals surface area (Å²) in [5.41, 5.74) is 1.36. The molecule has 0 aliphatic rings. The summed E-state index contributed by atoms with van der Waals surface area (Å²) in [4.78, 5) is 0. The van der Waals surface area contributed by atoms with E-state index >= 15 is 0 Å². The summed E-state index contributed by atoms with van der Waals surface area (Å²) in [6.07, 6.45) is 4.59. The molecule has 0 saturated carbocycles. The second kappa shape index (κ2) is 5.86. The molecule has 1 aromatic carbocycles. The van der Waals surface area contributed by atoms with Crippen molar-refractivity contribution in [1.29, 1.82) is 0 Å². The third kappa shape index (κ3) is 3.21. The summed E-state index contributed by atoms with van der Waals surface area (Å²) in [6, 6.07) is 11.1. The van der Waals surface area contributed by atoms with E-state index in [-0.39, 0.29) is 0 Å². The monoisotopic (exact) mass is 218 g/mol. The van der Waals surface area contributed by atoms with E-state index in [0.717, 1.165) is 4.48 Å². The standard InChI is InChI=1S/C15H24N/c1-5-7-13-16(3,4)15(6-2)14-11-9-8-10-12-14/h6,8-12,15H,2,5,7,13H2,1,3-4H3/q+1. The number of nitrogens with zero attached hydrogens (tertiary/aromatic N) is 1. The van der Waals surface area contributed by atoms with Gasteiger partial charge in [-0.2, -0.15) is 0 Å². The molecule has 0 radical (unpaired) electrons. The van der Waals surface area contributed by atoms with E-state index in [1.807, 2.05) is 0 Å². The van der Waals surface area contributed by atoms with Gasteiger partial charge in [-0.1, -0.05) is 50.3 Å². The highest BCUT2D eigenvalue weighted by Gasteiger charge is 2.26. The molecule has 0 bridgehead atoms. The van der Waals surface area contributed by atoms with Crippen LogP contribution in [0.4, 0.5) is 0 Å². The molecule has 0 heterocycles. The normalized spacial score (nSPS) is 13.4. The highest BCUT2D eigenvalue weighted by molar-refractivity contribution is 5.20. The molecule has 0 aliphatic carbocycles. The van der Waals surface area contributed by atoms with Crippen molar-refractivity contribution in [3.8, 4) is 0 Å². The Labute approximate surface area is 100.0 Å². The van der Waals surface area contributed by atoms with Gasteiger partial charge in [-0.25, -0.2) is 0 Å². The van der Waals surface area contributed by atoms with Crippen LogP contribution in [0.2, 0.25) is 0 Å². The molecule has 1 nitrogen and oxygen atoms in total. The van der Waals surface area contributed by atoms with Crippen molar-refractivity contribution in [3.63, 3.8) is 0 Å². The molecule has 0 aromatic heterocycles. The van der Waals surface area contributed by atoms with Crippen LogP contribution < -0.4 is 0 Å². The van der Waals surface area contributed by atoms with Crippen molar-refractivity contribution in [2.24, 2.45) is 0 Å². The lowest BCUT2D eigenvalue weighted by Crippen LogP contribution is -2.43. The van der Waals surface area contributed by atoms with Crippen molar-refractivity contribution in [2.45, 2.75) is 25.8 Å². The van der Waals surface area contributed by atoms with Gasteiger partial charge in [0.15, 0.2) is 0 Å². The third-order valence-electron chi connectivity index (χ3n) is 3.21. The zero-order valence-corrected chi connectivity index (χ0v) is 10.8. The van der Waals surface area contributed by atoms with Gasteiger partial charge in [0.05, 0.1) is 20.6 Å². The lowest BCUT2D eigenvalue weighted by Gasteiger charge is -2.36. The van der Waals surface area contributed by atoms with Gasteiger partial charge >= 0.3 is 0 Å². The van der Waals surface area contributed by atoms with Gasteiger partial charge in [0.1, 0.15) is 6.04 Å². The van der Waals surface area contributed by atoms with Crippen molar-refractivity contribution < 1.29 is 4.48 Å². The minimum absolute atomic E-state index is 0.396. The minimum atomic E-state index is 0.396. The topological polar surface area (TPSA) is 0 Å². The highest BCUT2D eigenvalue weighted by Crippen LogP contribution is 2.26. The summed E-state index contributed by atoms with van der Waals surface area (Å²) in [5, 5.41) is 0. The Hall–Kier alpha value is -1.08. The number of unbranched alkanes of at least 4 members (excludes halogenated alkanes) is 1. The Kier molecular flexibility index (Phi) is 4.75. The van der Waals surface area contributed by atoms with E-state index in [2.05, 4.69) is 64.0 Å². The van der Waals surface area contributed by atoms with E-state index in [9.17, 15) is 0 Å². The van der Waals surface area contributed by atoms with Crippen LogP contribution in [-0.4, -0.2) is 25.1 Å². The van der Waals surface area contributed by atoms with Gasteiger partial charge in [-0.15, -0.1) is 0 Å². The van der Waals surface area contributed by atoms with Crippen molar-refractivity contribution >= 4 is 0 Å². The molecule has 0 fully saturated rings. The first-order valence-electron chi connectivity index (χ1n) is 6.12. The molecule has 1 heteroatoms. The van der Waals surface area contributed by atoms with E-state index in [1.54, 1.807) is 0 Å². The highest BCUT2D eigenvalue weighted by atomic mass is 15.3. The Morgan fingerprint density at radius 1 is 1.25 bits per heavy atom. The predicted molar refractivity (Wildman–Crippen MR) is 71.3 cm³/mol. The lowest BCUT2D eigenvalue weighted by molar-refractivity contribution is -0.914. The molecule has 0 N–H and O–H groups in total. The maximum atomic E-state index is 4.00. The number of benzene rings is 1. The number of rotatable bonds is 6. The smallest absolute Gasteiger partial charge is 0.133 e. The maximum absolute atomic E-state index is 4.00. The van der Waals surface area contributed by atoms with Crippen molar-refractivity contribution in [2.75, 3.05) is 20.6 Å². The Bertz CT molecular complexity index is 313. The van der Waals surface area contributed by atoms with Crippen LogP contribution in [-0.2, 0) is 0 Å². The van der Waals surface area contributed by atoms with Crippen LogP contribution in [0, 0.1) is 0 Å². The van der Waals surface area contributed by atoms with Gasteiger partial charge in [-0.05, 0) is 12.5 Å². The van der Waals surface area contributed by atoms with E-state index in [4.69, 9.17) is 0 Å². The van der Waals surface area contributed by atoms with Crippen LogP contribution in [0.15, 0.2) is 43.0 Å². The lowest BCUT2D eigenvalue weighted by atomic mass is 10.0. The van der Waals surface area contributed by atoms with E-state index in [0.29, 0.717) is 6.04 Å². The zero-order chi connectivity index (χ0) is 12.0. The molecule has 0 amide bonds. The Morgan fingerprint density at radius 2 is 1.88 bits per heavy atom. The SMILES string of the molecule is C=CC(c1ccccc1)[N+](C)(C)CCCC. The summed E-state index contributed by atoms with van der Waals surface area (Å²) < 4.78 is 0.987. The second-order valence-electron chi connectivity index (χ2n) is 4.95. The van der Waals surface area contributed by atoms with Crippen molar-refractivity contribution in [1.82, 2.24) is 0 Å². The number of hydrogen-bond donors (Lipinski definition) is 0. The van der Waals surface area contributed by atoms with E-state index in [1.165, 1.54) is 24.9 Å². The number of likely N-dealkylation sites (N-methyl/N-ethyl adjacent to an activating group) is 1. The molecule has 1 atom stereocenters. The summed E-state index contributed by atoms with van der Waals surface area (Å²) in [6.45, 7) is 7.43. The average Bonchev–Trinajstić information content (AvgIpc) is 2.28. The summed E-state index contributed by atoms with van der Waals surface area (Å²) in [5.74, 6) is 0. The van der Waals surface area contributed by atoms with Gasteiger partial charge in [0.25, 0.3) is 0 Å². The summed E-state index contributed by atoms with van der Waals surface area (Å²) in [7, 11) is 4.57. The molecular formula is C15H24N+. The maximum Gasteiger partial charge on any atom is 0.133 e. The fourth-order valence-corrected chi connectivity index (χ4v) is 2.18. The minimum Gasteiger partial charge on any atom is -0.319 e. The Balaban J connectivity index is 2.85. The van der Waals surface area contributed by atoms with Gasteiger partial charge < -0.3 is 4.48 Å².